The summed E-state index contributed by atoms with van der Waals surface area (Å²) < 4.78 is 10.6. The molecule has 3 rings (SSSR count). The van der Waals surface area contributed by atoms with E-state index in [0.717, 1.165) is 18.7 Å². The maximum atomic E-state index is 5.68. The van der Waals surface area contributed by atoms with E-state index >= 15 is 0 Å². The first-order chi connectivity index (χ1) is 13.0. The van der Waals surface area contributed by atoms with Crippen molar-refractivity contribution in [2.45, 2.75) is 53.3 Å². The zero-order chi connectivity index (χ0) is 19.2. The Morgan fingerprint density at radius 2 is 1.85 bits per heavy atom. The molecule has 142 valence electrons. The topological polar surface area (TPSA) is 60.2 Å². The molecule has 1 aromatic heterocycles. The summed E-state index contributed by atoms with van der Waals surface area (Å²) in [7, 11) is 0. The van der Waals surface area contributed by atoms with Gasteiger partial charge in [0.2, 0.25) is 11.7 Å². The standard InChI is InChI=1S/C22H27N3O2/c1-15-5-8-20(16(2)11-15)12-17(3)23-13-19-6-9-21(10-7-19)26-14-22-24-18(4)27-25-22/h5-11,17,23H,12-14H2,1-4H3/t17-/m0/s1. The third-order valence-electron chi connectivity index (χ3n) is 4.54. The molecule has 0 fully saturated rings. The fraction of sp³-hybridized carbons (Fsp3) is 0.364. The molecule has 5 nitrogen and oxygen atoms in total. The molecule has 0 unspecified atom stereocenters. The van der Waals surface area contributed by atoms with Gasteiger partial charge in [0, 0.05) is 19.5 Å². The second kappa shape index (κ2) is 8.82. The number of nitrogens with zero attached hydrogens (tertiary/aromatic N) is 2. The minimum absolute atomic E-state index is 0.307. The van der Waals surface area contributed by atoms with Crippen LogP contribution in [0, 0.1) is 20.8 Å². The summed E-state index contributed by atoms with van der Waals surface area (Å²) in [5.41, 5.74) is 5.31. The van der Waals surface area contributed by atoms with Gasteiger partial charge in [-0.3, -0.25) is 0 Å². The minimum atomic E-state index is 0.307. The summed E-state index contributed by atoms with van der Waals surface area (Å²) >= 11 is 0. The monoisotopic (exact) mass is 365 g/mol. The van der Waals surface area contributed by atoms with Crippen LogP contribution in [0.15, 0.2) is 47.0 Å². The predicted molar refractivity (Wildman–Crippen MR) is 106 cm³/mol. The Labute approximate surface area is 160 Å². The lowest BCUT2D eigenvalue weighted by atomic mass is 10.00. The highest BCUT2D eigenvalue weighted by Gasteiger charge is 2.07. The molecule has 1 heterocycles. The SMILES string of the molecule is Cc1ccc(C[C@H](C)NCc2ccc(OCc3noc(C)n3)cc2)c(C)c1. The van der Waals surface area contributed by atoms with E-state index in [1.165, 1.54) is 22.3 Å². The number of aromatic nitrogens is 2. The molecule has 27 heavy (non-hydrogen) atoms. The molecule has 2 aromatic carbocycles. The molecule has 3 aromatic rings. The van der Waals surface area contributed by atoms with Crippen LogP contribution in [0.1, 0.15) is 40.9 Å². The summed E-state index contributed by atoms with van der Waals surface area (Å²) in [6.45, 7) is 9.44. The van der Waals surface area contributed by atoms with E-state index in [0.29, 0.717) is 24.4 Å². The van der Waals surface area contributed by atoms with Crippen molar-refractivity contribution >= 4 is 0 Å². The van der Waals surface area contributed by atoms with Gasteiger partial charge in [-0.2, -0.15) is 4.98 Å². The molecule has 0 spiro atoms. The first-order valence-electron chi connectivity index (χ1n) is 9.30. The van der Waals surface area contributed by atoms with Gasteiger partial charge in [-0.05, 0) is 56.0 Å². The number of hydrogen-bond acceptors (Lipinski definition) is 5. The molecule has 0 bridgehead atoms. The van der Waals surface area contributed by atoms with Crippen molar-refractivity contribution in [1.82, 2.24) is 15.5 Å². The van der Waals surface area contributed by atoms with Crippen LogP contribution in [0.4, 0.5) is 0 Å². The van der Waals surface area contributed by atoms with Crippen LogP contribution < -0.4 is 10.1 Å². The van der Waals surface area contributed by atoms with Gasteiger partial charge in [0.1, 0.15) is 5.75 Å². The Bertz CT molecular complexity index is 872. The lowest BCUT2D eigenvalue weighted by Gasteiger charge is -2.16. The van der Waals surface area contributed by atoms with Gasteiger partial charge in [-0.15, -0.1) is 0 Å². The molecule has 0 radical (unpaired) electrons. The second-order valence-corrected chi connectivity index (χ2v) is 7.08. The molecule has 0 aliphatic rings. The normalized spacial score (nSPS) is 12.1. The second-order valence-electron chi connectivity index (χ2n) is 7.08. The van der Waals surface area contributed by atoms with Gasteiger partial charge in [0.05, 0.1) is 0 Å². The summed E-state index contributed by atoms with van der Waals surface area (Å²) in [4.78, 5) is 4.12. The van der Waals surface area contributed by atoms with Crippen LogP contribution in [-0.4, -0.2) is 16.2 Å². The number of nitrogens with one attached hydrogen (secondary N) is 1. The molecular formula is C22H27N3O2. The third-order valence-corrected chi connectivity index (χ3v) is 4.54. The Morgan fingerprint density at radius 3 is 2.52 bits per heavy atom. The summed E-state index contributed by atoms with van der Waals surface area (Å²) in [6, 6.07) is 15.2. The maximum Gasteiger partial charge on any atom is 0.223 e. The molecule has 0 saturated heterocycles. The van der Waals surface area contributed by atoms with Gasteiger partial charge < -0.3 is 14.6 Å². The number of ether oxygens (including phenoxy) is 1. The van der Waals surface area contributed by atoms with Crippen LogP contribution in [0.25, 0.3) is 0 Å². The lowest BCUT2D eigenvalue weighted by molar-refractivity contribution is 0.285. The average molecular weight is 365 g/mol. The fourth-order valence-corrected chi connectivity index (χ4v) is 3.02. The first-order valence-corrected chi connectivity index (χ1v) is 9.30. The fourth-order valence-electron chi connectivity index (χ4n) is 3.02. The van der Waals surface area contributed by atoms with E-state index in [9.17, 15) is 0 Å². The van der Waals surface area contributed by atoms with E-state index in [2.05, 4.69) is 66.6 Å². The molecule has 0 amide bonds. The Morgan fingerprint density at radius 1 is 1.07 bits per heavy atom. The summed E-state index contributed by atoms with van der Waals surface area (Å²) in [5, 5.41) is 7.42. The highest BCUT2D eigenvalue weighted by atomic mass is 16.5. The molecule has 0 aliphatic heterocycles. The van der Waals surface area contributed by atoms with Gasteiger partial charge in [-0.1, -0.05) is 41.1 Å². The third kappa shape index (κ3) is 5.66. The molecular weight excluding hydrogens is 338 g/mol. The van der Waals surface area contributed by atoms with Crippen LogP contribution in [0.3, 0.4) is 0 Å². The van der Waals surface area contributed by atoms with Crippen LogP contribution in [0.2, 0.25) is 0 Å². The Hall–Kier alpha value is -2.66. The minimum Gasteiger partial charge on any atom is -0.485 e. The molecule has 0 aliphatic carbocycles. The summed E-state index contributed by atoms with van der Waals surface area (Å²) in [6.07, 6.45) is 1.03. The van der Waals surface area contributed by atoms with Crippen LogP contribution >= 0.6 is 0 Å². The zero-order valence-electron chi connectivity index (χ0n) is 16.5. The van der Waals surface area contributed by atoms with Crippen molar-refractivity contribution in [3.05, 3.63) is 76.4 Å². The number of hydrogen-bond donors (Lipinski definition) is 1. The lowest BCUT2D eigenvalue weighted by Crippen LogP contribution is -2.27. The maximum absolute atomic E-state index is 5.68. The molecule has 5 heteroatoms. The van der Waals surface area contributed by atoms with E-state index in [1.807, 2.05) is 12.1 Å². The van der Waals surface area contributed by atoms with E-state index in [1.54, 1.807) is 6.92 Å². The van der Waals surface area contributed by atoms with Crippen LogP contribution in [-0.2, 0) is 19.6 Å². The van der Waals surface area contributed by atoms with Crippen LogP contribution in [0.5, 0.6) is 5.75 Å². The van der Waals surface area contributed by atoms with Gasteiger partial charge in [0.25, 0.3) is 0 Å². The quantitative estimate of drug-likeness (QED) is 0.645. The number of rotatable bonds is 8. The zero-order valence-corrected chi connectivity index (χ0v) is 16.5. The molecule has 1 N–H and O–H groups in total. The largest absolute Gasteiger partial charge is 0.485 e. The highest BCUT2D eigenvalue weighted by molar-refractivity contribution is 5.31. The average Bonchev–Trinajstić information content (AvgIpc) is 3.07. The smallest absolute Gasteiger partial charge is 0.223 e. The number of aryl methyl sites for hydroxylation is 3. The highest BCUT2D eigenvalue weighted by Crippen LogP contribution is 2.15. The van der Waals surface area contributed by atoms with Crippen molar-refractivity contribution in [3.8, 4) is 5.75 Å². The molecule has 1 atom stereocenters. The summed E-state index contributed by atoms with van der Waals surface area (Å²) in [5.74, 6) is 1.90. The van der Waals surface area contributed by atoms with Gasteiger partial charge in [-0.25, -0.2) is 0 Å². The van der Waals surface area contributed by atoms with Gasteiger partial charge >= 0.3 is 0 Å². The van der Waals surface area contributed by atoms with Crippen molar-refractivity contribution in [2.75, 3.05) is 0 Å². The number of benzene rings is 2. The Balaban J connectivity index is 1.46. The predicted octanol–water partition coefficient (Wildman–Crippen LogP) is 4.29. The van der Waals surface area contributed by atoms with Crippen molar-refractivity contribution < 1.29 is 9.26 Å². The van der Waals surface area contributed by atoms with Crippen molar-refractivity contribution in [3.63, 3.8) is 0 Å². The van der Waals surface area contributed by atoms with Gasteiger partial charge in [0.15, 0.2) is 6.61 Å². The van der Waals surface area contributed by atoms with E-state index < -0.39 is 0 Å². The van der Waals surface area contributed by atoms with E-state index in [4.69, 9.17) is 9.26 Å². The van der Waals surface area contributed by atoms with Crippen molar-refractivity contribution in [2.24, 2.45) is 0 Å². The Kier molecular flexibility index (Phi) is 6.24. The molecule has 0 saturated carbocycles. The van der Waals surface area contributed by atoms with Crippen molar-refractivity contribution in [1.29, 1.82) is 0 Å². The first kappa shape index (κ1) is 19.1. The van der Waals surface area contributed by atoms with E-state index in [-0.39, 0.29) is 0 Å².